The van der Waals surface area contributed by atoms with Gasteiger partial charge in [0.15, 0.2) is 6.29 Å². The van der Waals surface area contributed by atoms with Gasteiger partial charge in [-0.2, -0.15) is 4.37 Å². The molecule has 0 spiro atoms. The Bertz CT molecular complexity index is 472. The molecule has 2 aliphatic rings. The van der Waals surface area contributed by atoms with Crippen molar-refractivity contribution in [2.45, 2.75) is 37.1 Å². The van der Waals surface area contributed by atoms with Crippen LogP contribution in [-0.4, -0.2) is 68.0 Å². The zero-order valence-electron chi connectivity index (χ0n) is 10.2. The van der Waals surface area contributed by atoms with Crippen molar-refractivity contribution < 1.29 is 24.8 Å². The van der Waals surface area contributed by atoms with Crippen LogP contribution in [0.25, 0.3) is 0 Å². The summed E-state index contributed by atoms with van der Waals surface area (Å²) in [6.07, 6.45) is -3.10. The van der Waals surface area contributed by atoms with Gasteiger partial charge in [0.25, 0.3) is 0 Å². The predicted molar refractivity (Wildman–Crippen MR) is 64.7 cm³/mol. The molecule has 9 heteroatoms. The Morgan fingerprint density at radius 3 is 2.95 bits per heavy atom. The number of ether oxygens (including phenoxy) is 2. The average Bonchev–Trinajstić information content (AvgIpc) is 2.99. The molecule has 5 atom stereocenters. The van der Waals surface area contributed by atoms with Crippen molar-refractivity contribution in [2.75, 3.05) is 18.5 Å². The summed E-state index contributed by atoms with van der Waals surface area (Å²) in [5.74, 6) is 0.622. The van der Waals surface area contributed by atoms with Crippen LogP contribution < -0.4 is 5.32 Å². The van der Waals surface area contributed by atoms with Gasteiger partial charge in [-0.15, -0.1) is 0 Å². The maximum Gasteiger partial charge on any atom is 0.203 e. The molecular weight excluding hydrogens is 274 g/mol. The van der Waals surface area contributed by atoms with Crippen LogP contribution in [0.5, 0.6) is 0 Å². The molecule has 0 radical (unpaired) electrons. The van der Waals surface area contributed by atoms with E-state index in [2.05, 4.69) is 14.7 Å². The third-order valence-corrected chi connectivity index (χ3v) is 4.19. The highest BCUT2D eigenvalue weighted by Crippen LogP contribution is 2.37. The summed E-state index contributed by atoms with van der Waals surface area (Å²) >= 11 is 1.15. The number of rotatable bonds is 3. The molecule has 2 bridgehead atoms. The molecule has 0 aliphatic carbocycles. The van der Waals surface area contributed by atoms with E-state index < -0.39 is 36.7 Å². The van der Waals surface area contributed by atoms with E-state index in [1.807, 2.05) is 0 Å². The fourth-order valence-corrected chi connectivity index (χ4v) is 2.97. The standard InChI is InChI=1S/C10H15N3O5S/c1-4-11-9(19-13-4)12-5-6(15)7(16)10(2-14)3-17-8(5)18-10/h5-8,14-16H,2-3H2,1H3,(H,11,12,13)/t5-,6-,7-,8+,10+/m1/s1. The number of aryl methyl sites for hydroxylation is 1. The second kappa shape index (κ2) is 4.62. The molecule has 0 amide bonds. The number of hydrogen-bond acceptors (Lipinski definition) is 9. The van der Waals surface area contributed by atoms with Crippen LogP contribution in [0.1, 0.15) is 5.82 Å². The molecule has 106 valence electrons. The number of fused-ring (bicyclic) bond motifs is 2. The first-order valence-electron chi connectivity index (χ1n) is 5.89. The molecule has 19 heavy (non-hydrogen) atoms. The van der Waals surface area contributed by atoms with Crippen molar-refractivity contribution >= 4 is 16.7 Å². The zero-order chi connectivity index (χ0) is 13.6. The summed E-state index contributed by atoms with van der Waals surface area (Å²) in [5.41, 5.74) is -1.24. The summed E-state index contributed by atoms with van der Waals surface area (Å²) in [4.78, 5) is 4.13. The summed E-state index contributed by atoms with van der Waals surface area (Å²) in [6, 6.07) is -0.662. The van der Waals surface area contributed by atoms with Gasteiger partial charge in [0.2, 0.25) is 5.13 Å². The highest BCUT2D eigenvalue weighted by Gasteiger charge is 2.59. The molecule has 3 rings (SSSR count). The van der Waals surface area contributed by atoms with E-state index in [4.69, 9.17) is 9.47 Å². The van der Waals surface area contributed by atoms with Crippen LogP contribution in [0, 0.1) is 6.92 Å². The van der Waals surface area contributed by atoms with Gasteiger partial charge in [-0.05, 0) is 6.92 Å². The van der Waals surface area contributed by atoms with Crippen molar-refractivity contribution in [2.24, 2.45) is 0 Å². The Morgan fingerprint density at radius 2 is 2.32 bits per heavy atom. The highest BCUT2D eigenvalue weighted by molar-refractivity contribution is 7.09. The molecule has 0 aromatic carbocycles. The molecule has 2 fully saturated rings. The Balaban J connectivity index is 1.80. The van der Waals surface area contributed by atoms with Gasteiger partial charge in [-0.3, -0.25) is 0 Å². The van der Waals surface area contributed by atoms with Gasteiger partial charge in [0, 0.05) is 11.5 Å². The number of nitrogens with zero attached hydrogens (tertiary/aromatic N) is 2. The molecule has 4 N–H and O–H groups in total. The van der Waals surface area contributed by atoms with Crippen molar-refractivity contribution in [1.82, 2.24) is 9.36 Å². The van der Waals surface area contributed by atoms with Gasteiger partial charge >= 0.3 is 0 Å². The summed E-state index contributed by atoms with van der Waals surface area (Å²) < 4.78 is 14.9. The lowest BCUT2D eigenvalue weighted by atomic mass is 9.88. The Morgan fingerprint density at radius 1 is 1.53 bits per heavy atom. The first kappa shape index (κ1) is 13.2. The fraction of sp³-hybridized carbons (Fsp3) is 0.800. The second-order valence-electron chi connectivity index (χ2n) is 4.77. The van der Waals surface area contributed by atoms with Gasteiger partial charge in [-0.1, -0.05) is 0 Å². The van der Waals surface area contributed by atoms with E-state index in [1.54, 1.807) is 6.92 Å². The van der Waals surface area contributed by atoms with Crippen LogP contribution in [0.3, 0.4) is 0 Å². The lowest BCUT2D eigenvalue weighted by Gasteiger charge is -2.41. The SMILES string of the molecule is Cc1nsc(N[C@H]2[C@H]3OC[C@](CO)(O3)[C@H](O)[C@@H]2O)n1. The third kappa shape index (κ3) is 2.02. The van der Waals surface area contributed by atoms with Gasteiger partial charge in [0.05, 0.1) is 13.2 Å². The van der Waals surface area contributed by atoms with Crippen molar-refractivity contribution in [3.05, 3.63) is 5.82 Å². The van der Waals surface area contributed by atoms with Gasteiger partial charge in [0.1, 0.15) is 29.7 Å². The lowest BCUT2D eigenvalue weighted by Crippen LogP contribution is -2.64. The molecule has 0 saturated carbocycles. The van der Waals surface area contributed by atoms with Crippen LogP contribution in [0.4, 0.5) is 5.13 Å². The molecule has 2 aliphatic heterocycles. The Labute approximate surface area is 113 Å². The molecule has 1 aromatic rings. The molecule has 8 nitrogen and oxygen atoms in total. The number of aliphatic hydroxyl groups excluding tert-OH is 3. The van der Waals surface area contributed by atoms with Crippen LogP contribution in [-0.2, 0) is 9.47 Å². The Kier molecular flexibility index (Phi) is 3.20. The van der Waals surface area contributed by atoms with Gasteiger partial charge < -0.3 is 30.1 Å². The molecule has 0 unspecified atom stereocenters. The monoisotopic (exact) mass is 289 g/mol. The maximum atomic E-state index is 10.2. The predicted octanol–water partition coefficient (Wildman–Crippen LogP) is -1.53. The van der Waals surface area contributed by atoms with E-state index in [0.29, 0.717) is 11.0 Å². The molecular formula is C10H15N3O5S. The van der Waals surface area contributed by atoms with Crippen molar-refractivity contribution in [3.63, 3.8) is 0 Å². The maximum absolute atomic E-state index is 10.2. The highest BCUT2D eigenvalue weighted by atomic mass is 32.1. The Hall–Kier alpha value is -0.840. The number of aromatic nitrogens is 2. The van der Waals surface area contributed by atoms with E-state index in [0.717, 1.165) is 11.5 Å². The van der Waals surface area contributed by atoms with E-state index >= 15 is 0 Å². The normalized spacial score (nSPS) is 41.5. The van der Waals surface area contributed by atoms with Crippen molar-refractivity contribution in [1.29, 1.82) is 0 Å². The first-order valence-corrected chi connectivity index (χ1v) is 6.66. The molecule has 1 aromatic heterocycles. The number of hydrogen-bond donors (Lipinski definition) is 4. The topological polar surface area (TPSA) is 117 Å². The van der Waals surface area contributed by atoms with E-state index in [1.165, 1.54) is 0 Å². The average molecular weight is 289 g/mol. The van der Waals surface area contributed by atoms with Crippen molar-refractivity contribution in [3.8, 4) is 0 Å². The summed E-state index contributed by atoms with van der Waals surface area (Å²) in [6.45, 7) is 1.39. The minimum atomic E-state index is -1.24. The number of anilines is 1. The van der Waals surface area contributed by atoms with E-state index in [9.17, 15) is 15.3 Å². The van der Waals surface area contributed by atoms with E-state index in [-0.39, 0.29) is 6.61 Å². The quantitative estimate of drug-likeness (QED) is 0.529. The minimum Gasteiger partial charge on any atom is -0.393 e. The van der Waals surface area contributed by atoms with Crippen LogP contribution >= 0.6 is 11.5 Å². The first-order chi connectivity index (χ1) is 9.05. The minimum absolute atomic E-state index is 0.0414. The van der Waals surface area contributed by atoms with Crippen LogP contribution in [0.15, 0.2) is 0 Å². The third-order valence-electron chi connectivity index (χ3n) is 3.45. The summed E-state index contributed by atoms with van der Waals surface area (Å²) in [7, 11) is 0. The summed E-state index contributed by atoms with van der Waals surface area (Å²) in [5, 5.41) is 33.0. The smallest absolute Gasteiger partial charge is 0.203 e. The molecule has 2 saturated heterocycles. The molecule has 3 heterocycles. The van der Waals surface area contributed by atoms with Crippen LogP contribution in [0.2, 0.25) is 0 Å². The fourth-order valence-electron chi connectivity index (χ4n) is 2.35. The number of nitrogens with one attached hydrogen (secondary N) is 1. The largest absolute Gasteiger partial charge is 0.393 e. The second-order valence-corrected chi connectivity index (χ2v) is 5.52. The number of aliphatic hydroxyl groups is 3. The van der Waals surface area contributed by atoms with Gasteiger partial charge in [-0.25, -0.2) is 4.98 Å². The zero-order valence-corrected chi connectivity index (χ0v) is 11.0. The lowest BCUT2D eigenvalue weighted by molar-refractivity contribution is -0.224.